The van der Waals surface area contributed by atoms with Crippen molar-refractivity contribution in [3.8, 4) is 0 Å². The number of hydrogen-bond donors (Lipinski definition) is 1. The van der Waals surface area contributed by atoms with E-state index < -0.39 is 0 Å². The average molecular weight is 271 g/mol. The number of aliphatic hydroxyl groups excluding tert-OH is 1. The monoisotopic (exact) mass is 271 g/mol. The molecule has 2 aromatic rings. The Balaban J connectivity index is 2.02. The van der Waals surface area contributed by atoms with Gasteiger partial charge in [-0.2, -0.15) is 0 Å². The van der Waals surface area contributed by atoms with Crippen molar-refractivity contribution in [2.24, 2.45) is 0 Å². The first-order valence-corrected chi connectivity index (χ1v) is 6.45. The Hall–Kier alpha value is -2.33. The molecule has 0 bridgehead atoms. The molecule has 0 saturated heterocycles. The minimum atomic E-state index is -0.153. The van der Waals surface area contributed by atoms with Crippen LogP contribution in [-0.4, -0.2) is 29.1 Å². The summed E-state index contributed by atoms with van der Waals surface area (Å²) in [5.41, 5.74) is 1.03. The minimum absolute atomic E-state index is 0.0623. The highest BCUT2D eigenvalue weighted by Crippen LogP contribution is 2.07. The van der Waals surface area contributed by atoms with Gasteiger partial charge < -0.3 is 14.4 Å². The Morgan fingerprint density at radius 2 is 2.00 bits per heavy atom. The fourth-order valence-corrected chi connectivity index (χ4v) is 1.84. The predicted molar refractivity (Wildman–Crippen MR) is 76.7 cm³/mol. The number of aliphatic hydroxyl groups is 1. The Labute approximate surface area is 117 Å². The van der Waals surface area contributed by atoms with Gasteiger partial charge in [-0.3, -0.25) is 4.79 Å². The van der Waals surface area contributed by atoms with Crippen LogP contribution in [0.3, 0.4) is 0 Å². The summed E-state index contributed by atoms with van der Waals surface area (Å²) < 4.78 is 5.13. The zero-order valence-electron chi connectivity index (χ0n) is 11.1. The molecular formula is C16H17NO3. The first-order valence-electron chi connectivity index (χ1n) is 6.45. The van der Waals surface area contributed by atoms with E-state index in [1.807, 2.05) is 30.3 Å². The van der Waals surface area contributed by atoms with Gasteiger partial charge in [0.2, 0.25) is 5.91 Å². The van der Waals surface area contributed by atoms with E-state index in [0.717, 1.165) is 5.56 Å². The molecule has 4 nitrogen and oxygen atoms in total. The van der Waals surface area contributed by atoms with Crippen LogP contribution in [-0.2, 0) is 11.3 Å². The van der Waals surface area contributed by atoms with Crippen LogP contribution in [0.1, 0.15) is 11.3 Å². The second-order valence-corrected chi connectivity index (χ2v) is 4.32. The molecular weight excluding hydrogens is 254 g/mol. The summed E-state index contributed by atoms with van der Waals surface area (Å²) in [7, 11) is 0. The zero-order chi connectivity index (χ0) is 14.2. The van der Waals surface area contributed by atoms with Crippen molar-refractivity contribution in [3.05, 3.63) is 66.1 Å². The largest absolute Gasteiger partial charge is 0.465 e. The van der Waals surface area contributed by atoms with Gasteiger partial charge in [0.05, 0.1) is 12.9 Å². The molecule has 0 aliphatic heterocycles. The lowest BCUT2D eigenvalue weighted by Gasteiger charge is -2.20. The summed E-state index contributed by atoms with van der Waals surface area (Å²) in [6.07, 6.45) is 4.63. The van der Waals surface area contributed by atoms with Gasteiger partial charge in [-0.1, -0.05) is 30.3 Å². The molecule has 0 spiro atoms. The maximum atomic E-state index is 12.1. The predicted octanol–water partition coefficient (Wildman–Crippen LogP) is 2.31. The molecule has 0 aliphatic carbocycles. The lowest BCUT2D eigenvalue weighted by atomic mass is 10.2. The highest BCUT2D eigenvalue weighted by atomic mass is 16.3. The van der Waals surface area contributed by atoms with Gasteiger partial charge in [0.1, 0.15) is 5.76 Å². The lowest BCUT2D eigenvalue weighted by Crippen LogP contribution is -2.31. The number of rotatable bonds is 6. The molecule has 0 unspecified atom stereocenters. The molecule has 2 rings (SSSR count). The number of carbonyl (C=O) groups excluding carboxylic acids is 1. The van der Waals surface area contributed by atoms with Crippen molar-refractivity contribution in [1.29, 1.82) is 0 Å². The second kappa shape index (κ2) is 7.31. The Morgan fingerprint density at radius 3 is 2.65 bits per heavy atom. The number of furan rings is 1. The Morgan fingerprint density at radius 1 is 1.20 bits per heavy atom. The summed E-state index contributed by atoms with van der Waals surface area (Å²) >= 11 is 0. The molecule has 0 saturated carbocycles. The topological polar surface area (TPSA) is 53.7 Å². The standard InChI is InChI=1S/C16H17NO3/c18-11-10-17(13-14-5-2-1-3-6-14)16(19)9-8-15-7-4-12-20-15/h1-9,12,18H,10-11,13H2/b9-8+. The van der Waals surface area contributed by atoms with Gasteiger partial charge >= 0.3 is 0 Å². The third-order valence-electron chi connectivity index (χ3n) is 2.83. The van der Waals surface area contributed by atoms with Crippen molar-refractivity contribution < 1.29 is 14.3 Å². The molecule has 1 aromatic heterocycles. The maximum Gasteiger partial charge on any atom is 0.247 e. The van der Waals surface area contributed by atoms with Gasteiger partial charge in [-0.15, -0.1) is 0 Å². The third kappa shape index (κ3) is 4.10. The fraction of sp³-hybridized carbons (Fsp3) is 0.188. The summed E-state index contributed by atoms with van der Waals surface area (Å²) in [4.78, 5) is 13.7. The van der Waals surface area contributed by atoms with Crippen LogP contribution < -0.4 is 0 Å². The molecule has 1 N–H and O–H groups in total. The average Bonchev–Trinajstić information content (AvgIpc) is 2.99. The molecule has 104 valence electrons. The number of nitrogens with zero attached hydrogens (tertiary/aromatic N) is 1. The lowest BCUT2D eigenvalue weighted by molar-refractivity contribution is -0.127. The van der Waals surface area contributed by atoms with Crippen LogP contribution in [0.2, 0.25) is 0 Å². The van der Waals surface area contributed by atoms with Crippen LogP contribution >= 0.6 is 0 Å². The zero-order valence-corrected chi connectivity index (χ0v) is 11.1. The van der Waals surface area contributed by atoms with Gasteiger partial charge in [-0.05, 0) is 23.8 Å². The molecule has 1 aromatic carbocycles. The third-order valence-corrected chi connectivity index (χ3v) is 2.83. The molecule has 20 heavy (non-hydrogen) atoms. The maximum absolute atomic E-state index is 12.1. The number of hydrogen-bond acceptors (Lipinski definition) is 3. The van der Waals surface area contributed by atoms with Crippen molar-refractivity contribution in [1.82, 2.24) is 4.90 Å². The van der Waals surface area contributed by atoms with Crippen LogP contribution in [0.15, 0.2) is 59.2 Å². The number of carbonyl (C=O) groups is 1. The van der Waals surface area contributed by atoms with Gasteiger partial charge in [0, 0.05) is 19.2 Å². The van der Waals surface area contributed by atoms with E-state index in [2.05, 4.69) is 0 Å². The molecule has 0 aliphatic rings. The number of benzene rings is 1. The van der Waals surface area contributed by atoms with Crippen LogP contribution in [0, 0.1) is 0 Å². The van der Waals surface area contributed by atoms with E-state index in [9.17, 15) is 4.79 Å². The van der Waals surface area contributed by atoms with Crippen LogP contribution in [0.4, 0.5) is 0 Å². The van der Waals surface area contributed by atoms with Crippen molar-refractivity contribution >= 4 is 12.0 Å². The van der Waals surface area contributed by atoms with Crippen molar-refractivity contribution in [2.75, 3.05) is 13.2 Å². The van der Waals surface area contributed by atoms with Crippen LogP contribution in [0.25, 0.3) is 6.08 Å². The van der Waals surface area contributed by atoms with Crippen molar-refractivity contribution in [2.45, 2.75) is 6.54 Å². The quantitative estimate of drug-likeness (QED) is 0.820. The molecule has 0 fully saturated rings. The number of amides is 1. The van der Waals surface area contributed by atoms with E-state index in [1.165, 1.54) is 6.08 Å². The first kappa shape index (κ1) is 14.1. The minimum Gasteiger partial charge on any atom is -0.465 e. The van der Waals surface area contributed by atoms with E-state index in [-0.39, 0.29) is 12.5 Å². The van der Waals surface area contributed by atoms with E-state index >= 15 is 0 Å². The van der Waals surface area contributed by atoms with Gasteiger partial charge in [-0.25, -0.2) is 0 Å². The SMILES string of the molecule is O=C(/C=C/c1ccco1)N(CCO)Cc1ccccc1. The second-order valence-electron chi connectivity index (χ2n) is 4.32. The Kier molecular flexibility index (Phi) is 5.15. The summed E-state index contributed by atoms with van der Waals surface area (Å²) in [6.45, 7) is 0.714. The molecule has 4 heteroatoms. The van der Waals surface area contributed by atoms with Gasteiger partial charge in [0.25, 0.3) is 0 Å². The molecule has 1 heterocycles. The van der Waals surface area contributed by atoms with E-state index in [1.54, 1.807) is 29.4 Å². The highest BCUT2D eigenvalue weighted by Gasteiger charge is 2.10. The summed E-state index contributed by atoms with van der Waals surface area (Å²) in [5, 5.41) is 9.08. The molecule has 1 amide bonds. The summed E-state index contributed by atoms with van der Waals surface area (Å²) in [6, 6.07) is 13.2. The molecule has 0 radical (unpaired) electrons. The van der Waals surface area contributed by atoms with Crippen LogP contribution in [0.5, 0.6) is 0 Å². The fourth-order valence-electron chi connectivity index (χ4n) is 1.84. The van der Waals surface area contributed by atoms with E-state index in [0.29, 0.717) is 18.8 Å². The highest BCUT2D eigenvalue weighted by molar-refractivity contribution is 5.91. The van der Waals surface area contributed by atoms with Crippen molar-refractivity contribution in [3.63, 3.8) is 0 Å². The van der Waals surface area contributed by atoms with E-state index in [4.69, 9.17) is 9.52 Å². The summed E-state index contributed by atoms with van der Waals surface area (Å²) in [5.74, 6) is 0.473. The molecule has 0 atom stereocenters. The smallest absolute Gasteiger partial charge is 0.247 e. The Bertz CT molecular complexity index is 546. The van der Waals surface area contributed by atoms with Gasteiger partial charge in [0.15, 0.2) is 0 Å². The first-order chi connectivity index (χ1) is 9.79. The normalized spacial score (nSPS) is 10.8.